The summed E-state index contributed by atoms with van der Waals surface area (Å²) in [5.41, 5.74) is 0.445. The lowest BCUT2D eigenvalue weighted by Gasteiger charge is -2.37. The zero-order chi connectivity index (χ0) is 17.1. The molecule has 0 saturated heterocycles. The Morgan fingerprint density at radius 1 is 1.17 bits per heavy atom. The fraction of sp³-hybridized carbons (Fsp3) is 0.500. The molecule has 0 bridgehead atoms. The number of rotatable bonds is 5. The summed E-state index contributed by atoms with van der Waals surface area (Å²) in [6, 6.07) is 6.35. The van der Waals surface area contributed by atoms with Crippen molar-refractivity contribution >= 4 is 5.97 Å². The number of halogens is 2. The van der Waals surface area contributed by atoms with Crippen molar-refractivity contribution < 1.29 is 23.0 Å². The molecule has 2 rings (SSSR count). The van der Waals surface area contributed by atoms with Crippen molar-refractivity contribution in [2.24, 2.45) is 0 Å². The number of carbonyl (C=O) groups excluding carboxylic acids is 1. The molecule has 0 atom stereocenters. The average molecular weight is 324 g/mol. The van der Waals surface area contributed by atoms with Crippen LogP contribution in [0.1, 0.15) is 51.5 Å². The van der Waals surface area contributed by atoms with Crippen molar-refractivity contribution in [2.75, 3.05) is 0 Å². The molecule has 0 radical (unpaired) electrons. The molecule has 0 amide bonds. The number of esters is 1. The number of hydrogen-bond acceptors (Lipinski definition) is 3. The highest BCUT2D eigenvalue weighted by Gasteiger charge is 2.38. The minimum atomic E-state index is -3.23. The van der Waals surface area contributed by atoms with E-state index in [9.17, 15) is 13.6 Å². The third kappa shape index (κ3) is 4.53. The monoisotopic (exact) mass is 324 g/mol. The number of alkyl halides is 2. The third-order valence-electron chi connectivity index (χ3n) is 3.98. The molecular weight excluding hydrogens is 302 g/mol. The molecule has 0 aliphatic heterocycles. The van der Waals surface area contributed by atoms with Gasteiger partial charge in [-0.3, -0.25) is 0 Å². The van der Waals surface area contributed by atoms with Crippen LogP contribution in [0.4, 0.5) is 8.78 Å². The highest BCUT2D eigenvalue weighted by atomic mass is 19.3. The molecule has 23 heavy (non-hydrogen) atoms. The first-order valence-electron chi connectivity index (χ1n) is 7.78. The van der Waals surface area contributed by atoms with Gasteiger partial charge in [-0.2, -0.15) is 8.78 Å². The minimum Gasteiger partial charge on any atom is -0.451 e. The van der Waals surface area contributed by atoms with Crippen molar-refractivity contribution in [3.63, 3.8) is 0 Å². The summed E-state index contributed by atoms with van der Waals surface area (Å²) in [7, 11) is 0. The Bertz CT molecular complexity index is 567. The van der Waals surface area contributed by atoms with Gasteiger partial charge in [0.05, 0.1) is 0 Å². The number of ether oxygens (including phenoxy) is 2. The molecule has 1 aromatic rings. The van der Waals surface area contributed by atoms with Crippen LogP contribution in [0.2, 0.25) is 0 Å². The van der Waals surface area contributed by atoms with Crippen molar-refractivity contribution in [1.29, 1.82) is 0 Å². The fourth-order valence-electron chi connectivity index (χ4n) is 2.87. The smallest absolute Gasteiger partial charge is 0.394 e. The first-order chi connectivity index (χ1) is 10.7. The van der Waals surface area contributed by atoms with Crippen LogP contribution >= 0.6 is 0 Å². The highest BCUT2D eigenvalue weighted by molar-refractivity contribution is 5.87. The Morgan fingerprint density at radius 2 is 1.74 bits per heavy atom. The van der Waals surface area contributed by atoms with Crippen molar-refractivity contribution in [3.8, 4) is 5.75 Å². The Kier molecular flexibility index (Phi) is 5.07. The second-order valence-electron chi connectivity index (χ2n) is 6.16. The normalized spacial score (nSPS) is 17.4. The first kappa shape index (κ1) is 17.4. The third-order valence-corrected chi connectivity index (χ3v) is 3.98. The van der Waals surface area contributed by atoms with Gasteiger partial charge in [-0.25, -0.2) is 4.79 Å². The zero-order valence-electron chi connectivity index (χ0n) is 13.5. The molecule has 126 valence electrons. The van der Waals surface area contributed by atoms with Gasteiger partial charge in [-0.15, -0.1) is 0 Å². The van der Waals surface area contributed by atoms with E-state index < -0.39 is 17.7 Å². The van der Waals surface area contributed by atoms with E-state index in [4.69, 9.17) is 4.74 Å². The predicted octanol–water partition coefficient (Wildman–Crippen LogP) is 4.96. The molecule has 0 unspecified atom stereocenters. The fourth-order valence-corrected chi connectivity index (χ4v) is 2.87. The maximum absolute atomic E-state index is 12.9. The summed E-state index contributed by atoms with van der Waals surface area (Å²) in [5.74, 6) is -0.342. The SMILES string of the molecule is C=C(C)C(=O)OC1(c2ccc(OC(C)(F)F)cc2)CCCCC1. The van der Waals surface area contributed by atoms with Gasteiger partial charge in [-0.05, 0) is 50.3 Å². The van der Waals surface area contributed by atoms with Gasteiger partial charge < -0.3 is 9.47 Å². The standard InChI is InChI=1S/C18H22F2O3/c1-13(2)16(21)23-18(11-5-4-6-12-18)14-7-9-15(10-8-14)22-17(3,19)20/h7-10H,1,4-6,11-12H2,2-3H3. The molecule has 3 nitrogen and oxygen atoms in total. The highest BCUT2D eigenvalue weighted by Crippen LogP contribution is 2.41. The van der Waals surface area contributed by atoms with Crippen LogP contribution in [0.5, 0.6) is 5.75 Å². The number of hydrogen-bond donors (Lipinski definition) is 0. The summed E-state index contributed by atoms with van der Waals surface area (Å²) in [6.07, 6.45) is 1.21. The second-order valence-corrected chi connectivity index (χ2v) is 6.16. The minimum absolute atomic E-state index is 0.0819. The van der Waals surface area contributed by atoms with Gasteiger partial charge in [0.1, 0.15) is 11.4 Å². The van der Waals surface area contributed by atoms with Crippen LogP contribution in [0, 0.1) is 0 Å². The second kappa shape index (κ2) is 6.69. The maximum atomic E-state index is 12.9. The summed E-state index contributed by atoms with van der Waals surface area (Å²) in [4.78, 5) is 12.0. The molecule has 5 heteroatoms. The maximum Gasteiger partial charge on any atom is 0.394 e. The van der Waals surface area contributed by atoms with Crippen molar-refractivity contribution in [3.05, 3.63) is 42.0 Å². The Hall–Kier alpha value is -1.91. The predicted molar refractivity (Wildman–Crippen MR) is 83.4 cm³/mol. The Morgan fingerprint density at radius 3 is 2.22 bits per heavy atom. The average Bonchev–Trinajstić information content (AvgIpc) is 2.47. The quantitative estimate of drug-likeness (QED) is 0.567. The Labute approximate surface area is 135 Å². The molecule has 0 N–H and O–H groups in total. The van der Waals surface area contributed by atoms with Gasteiger partial charge in [0.2, 0.25) is 0 Å². The van der Waals surface area contributed by atoms with Crippen LogP contribution in [0.15, 0.2) is 36.4 Å². The van der Waals surface area contributed by atoms with Crippen LogP contribution < -0.4 is 4.74 Å². The molecule has 0 spiro atoms. The molecular formula is C18H22F2O3. The molecule has 1 aromatic carbocycles. The lowest BCUT2D eigenvalue weighted by molar-refractivity contribution is -0.160. The summed E-state index contributed by atoms with van der Waals surface area (Å²) in [6.45, 7) is 5.92. The molecule has 1 saturated carbocycles. The zero-order valence-corrected chi connectivity index (χ0v) is 13.5. The van der Waals surface area contributed by atoms with Gasteiger partial charge >= 0.3 is 12.1 Å². The van der Waals surface area contributed by atoms with Crippen molar-refractivity contribution in [2.45, 2.75) is 57.7 Å². The Balaban J connectivity index is 2.25. The molecule has 1 aliphatic rings. The van der Waals surface area contributed by atoms with E-state index in [-0.39, 0.29) is 5.75 Å². The molecule has 1 aliphatic carbocycles. The van der Waals surface area contributed by atoms with Crippen LogP contribution in [-0.4, -0.2) is 12.1 Å². The summed E-state index contributed by atoms with van der Waals surface area (Å²) >= 11 is 0. The largest absolute Gasteiger partial charge is 0.451 e. The van der Waals surface area contributed by atoms with E-state index in [1.165, 1.54) is 12.1 Å². The topological polar surface area (TPSA) is 35.5 Å². The molecule has 0 heterocycles. The first-order valence-corrected chi connectivity index (χ1v) is 7.78. The summed E-state index contributed by atoms with van der Waals surface area (Å²) < 4.78 is 36.1. The van der Waals surface area contributed by atoms with Gasteiger partial charge in [-0.1, -0.05) is 25.1 Å². The van der Waals surface area contributed by atoms with E-state index in [1.54, 1.807) is 19.1 Å². The lowest BCUT2D eigenvalue weighted by atomic mass is 9.79. The molecule has 1 fully saturated rings. The van der Waals surface area contributed by atoms with Gasteiger partial charge in [0, 0.05) is 12.5 Å². The van der Waals surface area contributed by atoms with Crippen LogP contribution in [0.25, 0.3) is 0 Å². The number of carbonyl (C=O) groups is 1. The van der Waals surface area contributed by atoms with Crippen molar-refractivity contribution in [1.82, 2.24) is 0 Å². The van der Waals surface area contributed by atoms with E-state index >= 15 is 0 Å². The summed E-state index contributed by atoms with van der Waals surface area (Å²) in [5, 5.41) is 0. The number of benzene rings is 1. The van der Waals surface area contributed by atoms with E-state index in [2.05, 4.69) is 11.3 Å². The van der Waals surface area contributed by atoms with E-state index in [0.29, 0.717) is 12.5 Å². The van der Waals surface area contributed by atoms with E-state index in [0.717, 1.165) is 37.7 Å². The lowest BCUT2D eigenvalue weighted by Crippen LogP contribution is -2.35. The van der Waals surface area contributed by atoms with Crippen LogP contribution in [0.3, 0.4) is 0 Å². The van der Waals surface area contributed by atoms with Gasteiger partial charge in [0.15, 0.2) is 0 Å². The molecule has 0 aromatic heterocycles. The van der Waals surface area contributed by atoms with Gasteiger partial charge in [0.25, 0.3) is 0 Å². The van der Waals surface area contributed by atoms with Crippen LogP contribution in [-0.2, 0) is 15.1 Å². The van der Waals surface area contributed by atoms with E-state index in [1.807, 2.05) is 0 Å².